The number of hydrogen-bond acceptors (Lipinski definition) is 6. The smallest absolute Gasteiger partial charge is 0.274 e. The highest BCUT2D eigenvalue weighted by molar-refractivity contribution is 5.92. The van der Waals surface area contributed by atoms with Crippen LogP contribution in [0.25, 0.3) is 0 Å². The number of nitrogens with zero attached hydrogens (tertiary/aromatic N) is 4. The summed E-state index contributed by atoms with van der Waals surface area (Å²) in [5.41, 5.74) is 2.04. The summed E-state index contributed by atoms with van der Waals surface area (Å²) in [4.78, 5) is 37.7. The number of morpholine rings is 1. The van der Waals surface area contributed by atoms with E-state index in [0.717, 1.165) is 50.5 Å². The third-order valence-corrected chi connectivity index (χ3v) is 5.19. The van der Waals surface area contributed by atoms with Crippen LogP contribution in [0, 0.1) is 6.92 Å². The van der Waals surface area contributed by atoms with Gasteiger partial charge in [-0.15, -0.1) is 0 Å². The van der Waals surface area contributed by atoms with Gasteiger partial charge in [0.1, 0.15) is 5.69 Å². The van der Waals surface area contributed by atoms with Crippen LogP contribution in [-0.2, 0) is 16.1 Å². The third kappa shape index (κ3) is 7.73. The van der Waals surface area contributed by atoms with Crippen LogP contribution in [0.15, 0.2) is 42.7 Å². The quantitative estimate of drug-likeness (QED) is 0.583. The minimum absolute atomic E-state index is 0.0529. The highest BCUT2D eigenvalue weighted by atomic mass is 16.5. The Morgan fingerprint density at radius 1 is 1.13 bits per heavy atom. The summed E-state index contributed by atoms with van der Waals surface area (Å²) < 4.78 is 5.35. The average Bonchev–Trinajstić information content (AvgIpc) is 2.81. The number of aromatic nitrogens is 2. The van der Waals surface area contributed by atoms with Gasteiger partial charge in [0.25, 0.3) is 5.91 Å². The highest BCUT2D eigenvalue weighted by Gasteiger charge is 2.19. The molecule has 1 aliphatic heterocycles. The van der Waals surface area contributed by atoms with E-state index in [-0.39, 0.29) is 23.9 Å². The van der Waals surface area contributed by atoms with Crippen LogP contribution in [0.4, 0.5) is 0 Å². The summed E-state index contributed by atoms with van der Waals surface area (Å²) in [7, 11) is 0. The Morgan fingerprint density at radius 3 is 2.61 bits per heavy atom. The van der Waals surface area contributed by atoms with Crippen LogP contribution in [0.3, 0.4) is 0 Å². The van der Waals surface area contributed by atoms with Gasteiger partial charge in [0.05, 0.1) is 25.1 Å². The first kappa shape index (κ1) is 22.8. The number of nitrogens with one attached hydrogen (secondary N) is 1. The molecule has 0 aliphatic carbocycles. The number of benzene rings is 1. The Labute approximate surface area is 183 Å². The summed E-state index contributed by atoms with van der Waals surface area (Å²) in [5.74, 6) is -0.278. The maximum atomic E-state index is 13.0. The van der Waals surface area contributed by atoms with Crippen molar-refractivity contribution in [3.8, 4) is 0 Å². The number of aryl methyl sites for hydroxylation is 1. The first-order valence-corrected chi connectivity index (χ1v) is 10.8. The number of amides is 2. The van der Waals surface area contributed by atoms with E-state index in [9.17, 15) is 9.59 Å². The molecule has 1 N–H and O–H groups in total. The van der Waals surface area contributed by atoms with Gasteiger partial charge in [-0.1, -0.05) is 30.3 Å². The van der Waals surface area contributed by atoms with E-state index in [1.54, 1.807) is 11.1 Å². The molecular formula is C23H31N5O3. The number of carbonyl (C=O) groups excluding carboxylic acids is 2. The Morgan fingerprint density at radius 2 is 1.90 bits per heavy atom. The SMILES string of the molecule is Cc1cnc(C(=O)N(CCC(=O)NCCCN2CCOCC2)Cc2ccccc2)cn1. The predicted molar refractivity (Wildman–Crippen MR) is 117 cm³/mol. The third-order valence-electron chi connectivity index (χ3n) is 5.19. The molecule has 0 spiro atoms. The summed E-state index contributed by atoms with van der Waals surface area (Å²) in [6.07, 6.45) is 4.21. The van der Waals surface area contributed by atoms with Gasteiger partial charge in [-0.05, 0) is 25.5 Å². The van der Waals surface area contributed by atoms with E-state index in [1.807, 2.05) is 37.3 Å². The fourth-order valence-corrected chi connectivity index (χ4v) is 3.40. The molecule has 1 saturated heterocycles. The van der Waals surface area contributed by atoms with Crippen LogP contribution in [0.5, 0.6) is 0 Å². The lowest BCUT2D eigenvalue weighted by molar-refractivity contribution is -0.121. The molecule has 8 heteroatoms. The monoisotopic (exact) mass is 425 g/mol. The van der Waals surface area contributed by atoms with Crippen molar-refractivity contribution in [2.45, 2.75) is 26.3 Å². The molecule has 2 heterocycles. The van der Waals surface area contributed by atoms with Crippen molar-refractivity contribution < 1.29 is 14.3 Å². The van der Waals surface area contributed by atoms with Gasteiger partial charge < -0.3 is 15.0 Å². The lowest BCUT2D eigenvalue weighted by Gasteiger charge is -2.26. The van der Waals surface area contributed by atoms with E-state index >= 15 is 0 Å². The second-order valence-electron chi connectivity index (χ2n) is 7.66. The molecule has 1 aliphatic rings. The molecule has 3 rings (SSSR count). The van der Waals surface area contributed by atoms with E-state index in [1.165, 1.54) is 6.20 Å². The Balaban J connectivity index is 1.49. The second kappa shape index (κ2) is 12.1. The molecule has 2 aromatic rings. The predicted octanol–water partition coefficient (Wildman–Crippen LogP) is 1.66. The number of hydrogen-bond donors (Lipinski definition) is 1. The summed E-state index contributed by atoms with van der Waals surface area (Å²) in [5, 5.41) is 2.96. The number of rotatable bonds is 10. The largest absolute Gasteiger partial charge is 0.379 e. The van der Waals surface area contributed by atoms with Crippen LogP contribution in [0.2, 0.25) is 0 Å². The summed E-state index contributed by atoms with van der Waals surface area (Å²) in [6.45, 7) is 7.61. The van der Waals surface area contributed by atoms with Crippen molar-refractivity contribution in [2.24, 2.45) is 0 Å². The molecule has 8 nitrogen and oxygen atoms in total. The van der Waals surface area contributed by atoms with Crippen molar-refractivity contribution in [3.63, 3.8) is 0 Å². The molecule has 1 fully saturated rings. The molecular weight excluding hydrogens is 394 g/mol. The van der Waals surface area contributed by atoms with Gasteiger partial charge >= 0.3 is 0 Å². The van der Waals surface area contributed by atoms with Crippen molar-refractivity contribution in [3.05, 3.63) is 59.7 Å². The molecule has 0 bridgehead atoms. The topological polar surface area (TPSA) is 87.7 Å². The Bertz CT molecular complexity index is 823. The fraction of sp³-hybridized carbons (Fsp3) is 0.478. The van der Waals surface area contributed by atoms with E-state index in [2.05, 4.69) is 20.2 Å². The Hall–Kier alpha value is -2.84. The minimum Gasteiger partial charge on any atom is -0.379 e. The normalized spacial score (nSPS) is 14.2. The van der Waals surface area contributed by atoms with Crippen LogP contribution in [-0.4, -0.2) is 77.5 Å². The van der Waals surface area contributed by atoms with Crippen LogP contribution in [0.1, 0.15) is 34.6 Å². The molecule has 1 aromatic heterocycles. The molecule has 166 valence electrons. The number of carbonyl (C=O) groups is 2. The first-order valence-electron chi connectivity index (χ1n) is 10.8. The zero-order valence-corrected chi connectivity index (χ0v) is 18.1. The molecule has 0 atom stereocenters. The highest BCUT2D eigenvalue weighted by Crippen LogP contribution is 2.09. The van der Waals surface area contributed by atoms with E-state index in [0.29, 0.717) is 19.6 Å². The van der Waals surface area contributed by atoms with Gasteiger partial charge in [-0.3, -0.25) is 19.5 Å². The molecule has 0 unspecified atom stereocenters. The maximum absolute atomic E-state index is 13.0. The van der Waals surface area contributed by atoms with Crippen LogP contribution >= 0.6 is 0 Å². The number of ether oxygens (including phenoxy) is 1. The molecule has 0 radical (unpaired) electrons. The fourth-order valence-electron chi connectivity index (χ4n) is 3.40. The summed E-state index contributed by atoms with van der Waals surface area (Å²) >= 11 is 0. The lowest BCUT2D eigenvalue weighted by Crippen LogP contribution is -2.38. The average molecular weight is 426 g/mol. The molecule has 31 heavy (non-hydrogen) atoms. The van der Waals surface area contributed by atoms with Crippen molar-refractivity contribution in [2.75, 3.05) is 45.9 Å². The van der Waals surface area contributed by atoms with Crippen molar-refractivity contribution in [1.29, 1.82) is 0 Å². The Kier molecular flexibility index (Phi) is 8.93. The first-order chi connectivity index (χ1) is 15.1. The van der Waals surface area contributed by atoms with Gasteiger partial charge in [0, 0.05) is 45.3 Å². The van der Waals surface area contributed by atoms with Gasteiger partial charge in [-0.2, -0.15) is 0 Å². The minimum atomic E-state index is -0.225. The molecule has 0 saturated carbocycles. The zero-order valence-electron chi connectivity index (χ0n) is 18.1. The van der Waals surface area contributed by atoms with Gasteiger partial charge in [0.2, 0.25) is 5.91 Å². The maximum Gasteiger partial charge on any atom is 0.274 e. The zero-order chi connectivity index (χ0) is 21.9. The van der Waals surface area contributed by atoms with Crippen molar-refractivity contribution in [1.82, 2.24) is 25.1 Å². The van der Waals surface area contributed by atoms with E-state index in [4.69, 9.17) is 4.74 Å². The van der Waals surface area contributed by atoms with Crippen molar-refractivity contribution >= 4 is 11.8 Å². The lowest BCUT2D eigenvalue weighted by atomic mass is 10.2. The summed E-state index contributed by atoms with van der Waals surface area (Å²) in [6, 6.07) is 9.74. The van der Waals surface area contributed by atoms with Gasteiger partial charge in [-0.25, -0.2) is 4.98 Å². The molecule has 1 aromatic carbocycles. The van der Waals surface area contributed by atoms with Crippen LogP contribution < -0.4 is 5.32 Å². The second-order valence-corrected chi connectivity index (χ2v) is 7.66. The standard InChI is InChI=1S/C23H31N5O3/c1-19-16-26-21(17-25-19)23(30)28(18-20-6-3-2-4-7-20)11-8-22(29)24-9-5-10-27-12-14-31-15-13-27/h2-4,6-7,16-17H,5,8-15,18H2,1H3,(H,24,29). The van der Waals surface area contributed by atoms with E-state index < -0.39 is 0 Å². The molecule has 2 amide bonds. The van der Waals surface area contributed by atoms with Gasteiger partial charge in [0.15, 0.2) is 0 Å².